The molecule has 0 aromatic heterocycles. The molecule has 158 valence electrons. The van der Waals surface area contributed by atoms with Crippen LogP contribution in [0.2, 0.25) is 5.02 Å². The van der Waals surface area contributed by atoms with Gasteiger partial charge < -0.3 is 5.32 Å². The molecule has 1 heterocycles. The summed E-state index contributed by atoms with van der Waals surface area (Å²) in [6.45, 7) is 1.94. The van der Waals surface area contributed by atoms with Crippen molar-refractivity contribution >= 4 is 33.0 Å². The molecule has 2 N–H and O–H groups in total. The van der Waals surface area contributed by atoms with Gasteiger partial charge in [-0.3, -0.25) is 4.72 Å². The predicted octanol–water partition coefficient (Wildman–Crippen LogP) is 6.28. The van der Waals surface area contributed by atoms with Gasteiger partial charge in [0.25, 0.3) is 10.0 Å². The zero-order valence-corrected chi connectivity index (χ0v) is 18.6. The van der Waals surface area contributed by atoms with Gasteiger partial charge in [0.2, 0.25) is 0 Å². The van der Waals surface area contributed by atoms with Gasteiger partial charge in [-0.15, -0.1) is 0 Å². The van der Waals surface area contributed by atoms with Crippen LogP contribution in [0.25, 0.3) is 0 Å². The number of anilines is 2. The van der Waals surface area contributed by atoms with Crippen LogP contribution in [-0.4, -0.2) is 8.42 Å². The Morgan fingerprint density at radius 1 is 1.03 bits per heavy atom. The van der Waals surface area contributed by atoms with E-state index in [1.807, 2.05) is 55.5 Å². The third kappa shape index (κ3) is 3.84. The van der Waals surface area contributed by atoms with Crippen molar-refractivity contribution in [2.45, 2.75) is 30.2 Å². The number of allylic oxidation sites excluding steroid dienone is 2. The number of aryl methyl sites for hydroxylation is 1. The lowest BCUT2D eigenvalue weighted by Gasteiger charge is -2.37. The monoisotopic (exact) mass is 450 g/mol. The minimum atomic E-state index is -3.68. The van der Waals surface area contributed by atoms with E-state index in [1.54, 1.807) is 12.1 Å². The highest BCUT2D eigenvalue weighted by molar-refractivity contribution is 7.92. The fraction of sp³-hybridized carbons (Fsp3) is 0.200. The van der Waals surface area contributed by atoms with E-state index in [0.29, 0.717) is 11.6 Å². The molecule has 5 rings (SSSR count). The van der Waals surface area contributed by atoms with Gasteiger partial charge in [0.05, 0.1) is 10.9 Å². The molecule has 2 aliphatic rings. The third-order valence-corrected chi connectivity index (χ3v) is 7.74. The fourth-order valence-corrected chi connectivity index (χ4v) is 5.98. The number of benzene rings is 3. The normalized spacial score (nSPS) is 21.8. The molecule has 3 atom stereocenters. The minimum Gasteiger partial charge on any atom is -0.378 e. The maximum Gasteiger partial charge on any atom is 0.261 e. The second-order valence-electron chi connectivity index (χ2n) is 8.25. The van der Waals surface area contributed by atoms with Crippen LogP contribution in [-0.2, 0) is 10.0 Å². The lowest BCUT2D eigenvalue weighted by atomic mass is 9.77. The van der Waals surface area contributed by atoms with Gasteiger partial charge >= 0.3 is 0 Å². The first kappa shape index (κ1) is 20.2. The number of hydrogen-bond acceptors (Lipinski definition) is 3. The highest BCUT2D eigenvalue weighted by Crippen LogP contribution is 2.50. The number of halogens is 1. The fourth-order valence-electron chi connectivity index (χ4n) is 4.69. The Bertz CT molecular complexity index is 1290. The Balaban J connectivity index is 1.50. The van der Waals surface area contributed by atoms with Crippen molar-refractivity contribution in [2.75, 3.05) is 10.0 Å². The zero-order valence-electron chi connectivity index (χ0n) is 17.0. The van der Waals surface area contributed by atoms with E-state index in [0.717, 1.165) is 33.8 Å². The molecule has 0 spiro atoms. The molecule has 0 bridgehead atoms. The first-order valence-corrected chi connectivity index (χ1v) is 12.2. The van der Waals surface area contributed by atoms with Gasteiger partial charge in [-0.1, -0.05) is 48.0 Å². The molecule has 0 amide bonds. The molecule has 3 unspecified atom stereocenters. The topological polar surface area (TPSA) is 58.2 Å². The summed E-state index contributed by atoms with van der Waals surface area (Å²) in [6, 6.07) is 20.8. The summed E-state index contributed by atoms with van der Waals surface area (Å²) in [5.41, 5.74) is 4.70. The smallest absolute Gasteiger partial charge is 0.261 e. The van der Waals surface area contributed by atoms with E-state index in [1.165, 1.54) is 0 Å². The van der Waals surface area contributed by atoms with Gasteiger partial charge in [-0.05, 0) is 78.4 Å². The van der Waals surface area contributed by atoms with Crippen LogP contribution in [0, 0.1) is 12.8 Å². The molecule has 1 aliphatic carbocycles. The Hall–Kier alpha value is -2.76. The first-order chi connectivity index (χ1) is 14.9. The van der Waals surface area contributed by atoms with Crippen molar-refractivity contribution in [2.24, 2.45) is 5.92 Å². The molecule has 3 aromatic rings. The van der Waals surface area contributed by atoms with Crippen LogP contribution in [0.4, 0.5) is 11.4 Å². The van der Waals surface area contributed by atoms with E-state index in [2.05, 4.69) is 28.3 Å². The lowest BCUT2D eigenvalue weighted by Crippen LogP contribution is -2.29. The standard InChI is InChI=1S/C25H23ClN2O2S/c1-16-5-2-8-19(13-16)28-31(29,30)20-11-12-24-23(15-20)21-9-4-10-22(21)25(27-24)17-6-3-7-18(26)14-17/h2-9,11-15,21-22,25,27-28H,10H2,1H3. The van der Waals surface area contributed by atoms with Crippen molar-refractivity contribution < 1.29 is 8.42 Å². The van der Waals surface area contributed by atoms with Gasteiger partial charge in [0, 0.05) is 22.3 Å². The van der Waals surface area contributed by atoms with Crippen molar-refractivity contribution in [3.05, 3.63) is 101 Å². The van der Waals surface area contributed by atoms with E-state index in [9.17, 15) is 8.42 Å². The first-order valence-electron chi connectivity index (χ1n) is 10.3. The van der Waals surface area contributed by atoms with Gasteiger partial charge in [0.15, 0.2) is 0 Å². The van der Waals surface area contributed by atoms with Crippen molar-refractivity contribution in [3.63, 3.8) is 0 Å². The molecule has 31 heavy (non-hydrogen) atoms. The van der Waals surface area contributed by atoms with E-state index in [4.69, 9.17) is 11.6 Å². The lowest BCUT2D eigenvalue weighted by molar-refractivity contribution is 0.425. The van der Waals surface area contributed by atoms with Gasteiger partial charge in [-0.2, -0.15) is 0 Å². The number of hydrogen-bond donors (Lipinski definition) is 2. The van der Waals surface area contributed by atoms with Crippen LogP contribution in [0.15, 0.2) is 83.8 Å². The number of nitrogens with one attached hydrogen (secondary N) is 2. The Morgan fingerprint density at radius 3 is 2.68 bits per heavy atom. The molecule has 0 radical (unpaired) electrons. The summed E-state index contributed by atoms with van der Waals surface area (Å²) in [4.78, 5) is 0.273. The van der Waals surface area contributed by atoms with Crippen LogP contribution in [0.1, 0.15) is 35.1 Å². The Morgan fingerprint density at radius 2 is 1.87 bits per heavy atom. The highest BCUT2D eigenvalue weighted by atomic mass is 35.5. The molecule has 0 saturated carbocycles. The molecule has 1 aliphatic heterocycles. The van der Waals surface area contributed by atoms with E-state index < -0.39 is 10.0 Å². The minimum absolute atomic E-state index is 0.124. The van der Waals surface area contributed by atoms with Crippen LogP contribution in [0.3, 0.4) is 0 Å². The third-order valence-electron chi connectivity index (χ3n) is 6.12. The molecule has 0 saturated heterocycles. The van der Waals surface area contributed by atoms with Crippen LogP contribution < -0.4 is 10.0 Å². The van der Waals surface area contributed by atoms with E-state index >= 15 is 0 Å². The van der Waals surface area contributed by atoms with Gasteiger partial charge in [0.1, 0.15) is 0 Å². The average molecular weight is 451 g/mol. The number of sulfonamides is 1. The second kappa shape index (κ2) is 7.74. The molecule has 4 nitrogen and oxygen atoms in total. The average Bonchev–Trinajstić information content (AvgIpc) is 3.23. The molecular weight excluding hydrogens is 428 g/mol. The maximum absolute atomic E-state index is 13.0. The van der Waals surface area contributed by atoms with Crippen LogP contribution >= 0.6 is 11.6 Å². The Kier molecular flexibility index (Phi) is 5.03. The number of rotatable bonds is 4. The maximum atomic E-state index is 13.0. The number of fused-ring (bicyclic) bond motifs is 3. The summed E-state index contributed by atoms with van der Waals surface area (Å²) < 4.78 is 28.8. The predicted molar refractivity (Wildman–Crippen MR) is 126 cm³/mol. The van der Waals surface area contributed by atoms with Crippen LogP contribution in [0.5, 0.6) is 0 Å². The van der Waals surface area contributed by atoms with Gasteiger partial charge in [-0.25, -0.2) is 8.42 Å². The summed E-state index contributed by atoms with van der Waals surface area (Å²) >= 11 is 6.24. The van der Waals surface area contributed by atoms with Crippen molar-refractivity contribution in [1.29, 1.82) is 0 Å². The molecule has 6 heteroatoms. The zero-order chi connectivity index (χ0) is 21.6. The molecule has 3 aromatic carbocycles. The quantitative estimate of drug-likeness (QED) is 0.460. The second-order valence-corrected chi connectivity index (χ2v) is 10.4. The highest BCUT2D eigenvalue weighted by Gasteiger charge is 2.38. The van der Waals surface area contributed by atoms with Crippen molar-refractivity contribution in [3.8, 4) is 0 Å². The largest absolute Gasteiger partial charge is 0.378 e. The van der Waals surface area contributed by atoms with Crippen molar-refractivity contribution in [1.82, 2.24) is 0 Å². The SMILES string of the molecule is Cc1cccc(NS(=O)(=O)c2ccc3c(c2)C2C=CCC2C(c2cccc(Cl)c2)N3)c1. The molecule has 0 fully saturated rings. The summed E-state index contributed by atoms with van der Waals surface area (Å²) in [5, 5.41) is 4.35. The summed E-state index contributed by atoms with van der Waals surface area (Å²) in [5.74, 6) is 0.475. The summed E-state index contributed by atoms with van der Waals surface area (Å²) in [7, 11) is -3.68. The van der Waals surface area contributed by atoms with E-state index in [-0.39, 0.29) is 16.9 Å². The Labute approximate surface area is 188 Å². The molecular formula is C25H23ClN2O2S. The summed E-state index contributed by atoms with van der Waals surface area (Å²) in [6.07, 6.45) is 5.33.